The number of ether oxygens (including phenoxy) is 1. The molecule has 0 atom stereocenters. The SMILES string of the molecule is O=S(=O)(c1ccc(O)cc1)N1CCCOCC1. The zero-order valence-corrected chi connectivity index (χ0v) is 10.2. The first kappa shape index (κ1) is 12.3. The van der Waals surface area contributed by atoms with Crippen molar-refractivity contribution in [2.75, 3.05) is 26.3 Å². The van der Waals surface area contributed by atoms with Gasteiger partial charge in [0.2, 0.25) is 10.0 Å². The largest absolute Gasteiger partial charge is 0.508 e. The quantitative estimate of drug-likeness (QED) is 0.851. The number of hydrogen-bond acceptors (Lipinski definition) is 4. The van der Waals surface area contributed by atoms with E-state index in [9.17, 15) is 8.42 Å². The van der Waals surface area contributed by atoms with E-state index in [4.69, 9.17) is 9.84 Å². The summed E-state index contributed by atoms with van der Waals surface area (Å²) in [4.78, 5) is 0.206. The maximum Gasteiger partial charge on any atom is 0.243 e. The number of phenolic OH excluding ortho intramolecular Hbond substituents is 1. The molecule has 1 saturated heterocycles. The lowest BCUT2D eigenvalue weighted by molar-refractivity contribution is 0.148. The third-order valence-electron chi connectivity index (χ3n) is 2.66. The maximum atomic E-state index is 12.2. The minimum absolute atomic E-state index is 0.0585. The van der Waals surface area contributed by atoms with Gasteiger partial charge in [0, 0.05) is 19.7 Å². The molecule has 0 aliphatic carbocycles. The molecule has 17 heavy (non-hydrogen) atoms. The van der Waals surface area contributed by atoms with Crippen LogP contribution < -0.4 is 0 Å². The molecule has 0 radical (unpaired) electrons. The van der Waals surface area contributed by atoms with E-state index in [0.717, 1.165) is 0 Å². The van der Waals surface area contributed by atoms with Crippen molar-refractivity contribution in [2.45, 2.75) is 11.3 Å². The second-order valence-corrected chi connectivity index (χ2v) is 5.80. The first-order valence-corrected chi connectivity index (χ1v) is 6.91. The van der Waals surface area contributed by atoms with Crippen LogP contribution in [0.3, 0.4) is 0 Å². The van der Waals surface area contributed by atoms with Gasteiger partial charge in [0.1, 0.15) is 5.75 Å². The van der Waals surface area contributed by atoms with E-state index in [-0.39, 0.29) is 10.6 Å². The zero-order valence-electron chi connectivity index (χ0n) is 9.37. The summed E-state index contributed by atoms with van der Waals surface area (Å²) in [6.45, 7) is 1.88. The van der Waals surface area contributed by atoms with Crippen LogP contribution in [-0.2, 0) is 14.8 Å². The Morgan fingerprint density at radius 2 is 1.82 bits per heavy atom. The number of aromatic hydroxyl groups is 1. The zero-order chi connectivity index (χ0) is 12.3. The number of hydrogen-bond donors (Lipinski definition) is 1. The first-order chi connectivity index (χ1) is 8.10. The van der Waals surface area contributed by atoms with E-state index in [1.54, 1.807) is 0 Å². The molecule has 2 rings (SSSR count). The summed E-state index contributed by atoms with van der Waals surface area (Å²) in [5.74, 6) is 0.0585. The van der Waals surface area contributed by atoms with Crippen LogP contribution in [0, 0.1) is 0 Å². The molecule has 1 aromatic carbocycles. The van der Waals surface area contributed by atoms with Crippen LogP contribution in [0.1, 0.15) is 6.42 Å². The summed E-state index contributed by atoms with van der Waals surface area (Å²) in [6.07, 6.45) is 0.706. The minimum Gasteiger partial charge on any atom is -0.508 e. The molecule has 0 aromatic heterocycles. The normalized spacial score (nSPS) is 18.8. The molecule has 94 valence electrons. The second kappa shape index (κ2) is 5.03. The van der Waals surface area contributed by atoms with Gasteiger partial charge in [0.05, 0.1) is 11.5 Å². The summed E-state index contributed by atoms with van der Waals surface area (Å²) in [5.41, 5.74) is 0. The van der Waals surface area contributed by atoms with Gasteiger partial charge in [-0.1, -0.05) is 0 Å². The number of phenols is 1. The number of sulfonamides is 1. The van der Waals surface area contributed by atoms with Crippen molar-refractivity contribution in [3.8, 4) is 5.75 Å². The topological polar surface area (TPSA) is 66.8 Å². The van der Waals surface area contributed by atoms with Crippen molar-refractivity contribution in [3.05, 3.63) is 24.3 Å². The van der Waals surface area contributed by atoms with E-state index in [2.05, 4.69) is 0 Å². The fourth-order valence-corrected chi connectivity index (χ4v) is 3.19. The monoisotopic (exact) mass is 257 g/mol. The number of benzene rings is 1. The van der Waals surface area contributed by atoms with Crippen LogP contribution in [0.4, 0.5) is 0 Å². The first-order valence-electron chi connectivity index (χ1n) is 5.47. The van der Waals surface area contributed by atoms with Gasteiger partial charge in [-0.15, -0.1) is 0 Å². The Kier molecular flexibility index (Phi) is 3.66. The molecule has 1 aliphatic rings. The smallest absolute Gasteiger partial charge is 0.243 e. The van der Waals surface area contributed by atoms with E-state index >= 15 is 0 Å². The van der Waals surface area contributed by atoms with Crippen molar-refractivity contribution in [3.63, 3.8) is 0 Å². The van der Waals surface area contributed by atoms with Crippen LogP contribution in [0.25, 0.3) is 0 Å². The predicted octanol–water partition coefficient (Wildman–Crippen LogP) is 0.803. The molecule has 0 unspecified atom stereocenters. The fourth-order valence-electron chi connectivity index (χ4n) is 1.73. The number of nitrogens with zero attached hydrogens (tertiary/aromatic N) is 1. The molecule has 5 nitrogen and oxygen atoms in total. The molecule has 0 spiro atoms. The molecule has 1 aromatic rings. The van der Waals surface area contributed by atoms with Crippen molar-refractivity contribution in [1.82, 2.24) is 4.31 Å². The molecular weight excluding hydrogens is 242 g/mol. The van der Waals surface area contributed by atoms with Gasteiger partial charge in [-0.3, -0.25) is 0 Å². The summed E-state index contributed by atoms with van der Waals surface area (Å²) in [5, 5.41) is 9.15. The Balaban J connectivity index is 2.25. The summed E-state index contributed by atoms with van der Waals surface area (Å²) >= 11 is 0. The van der Waals surface area contributed by atoms with Gasteiger partial charge in [-0.05, 0) is 30.7 Å². The third kappa shape index (κ3) is 2.77. The van der Waals surface area contributed by atoms with Crippen LogP contribution >= 0.6 is 0 Å². The molecule has 1 aliphatic heterocycles. The highest BCUT2D eigenvalue weighted by atomic mass is 32.2. The van der Waals surface area contributed by atoms with E-state index < -0.39 is 10.0 Å². The van der Waals surface area contributed by atoms with Gasteiger partial charge in [0.15, 0.2) is 0 Å². The Labute approximate surface area is 101 Å². The molecule has 0 amide bonds. The molecule has 1 heterocycles. The van der Waals surface area contributed by atoms with Gasteiger partial charge < -0.3 is 9.84 Å². The van der Waals surface area contributed by atoms with Crippen LogP contribution in [0.15, 0.2) is 29.2 Å². The fraction of sp³-hybridized carbons (Fsp3) is 0.455. The molecular formula is C11H15NO4S. The van der Waals surface area contributed by atoms with Crippen molar-refractivity contribution < 1.29 is 18.3 Å². The predicted molar refractivity (Wildman–Crippen MR) is 62.3 cm³/mol. The van der Waals surface area contributed by atoms with Gasteiger partial charge >= 0.3 is 0 Å². The molecule has 0 bridgehead atoms. The number of rotatable bonds is 2. The summed E-state index contributed by atoms with van der Waals surface area (Å²) in [6, 6.07) is 5.58. The third-order valence-corrected chi connectivity index (χ3v) is 4.57. The standard InChI is InChI=1S/C11H15NO4S/c13-10-2-4-11(5-3-10)17(14,15)12-6-1-8-16-9-7-12/h2-5,13H,1,6-9H2. The van der Waals surface area contributed by atoms with Gasteiger partial charge in [-0.25, -0.2) is 8.42 Å². The molecule has 1 N–H and O–H groups in total. The lowest BCUT2D eigenvalue weighted by Gasteiger charge is -2.19. The molecule has 6 heteroatoms. The molecule has 0 saturated carbocycles. The Hall–Kier alpha value is -1.11. The summed E-state index contributed by atoms with van der Waals surface area (Å²) in [7, 11) is -3.46. The maximum absolute atomic E-state index is 12.2. The van der Waals surface area contributed by atoms with Gasteiger partial charge in [-0.2, -0.15) is 4.31 Å². The highest BCUT2D eigenvalue weighted by Crippen LogP contribution is 2.19. The lowest BCUT2D eigenvalue weighted by atomic mass is 10.3. The second-order valence-electron chi connectivity index (χ2n) is 3.86. The lowest BCUT2D eigenvalue weighted by Crippen LogP contribution is -2.33. The van der Waals surface area contributed by atoms with Crippen LogP contribution in [-0.4, -0.2) is 44.1 Å². The van der Waals surface area contributed by atoms with Crippen molar-refractivity contribution in [2.24, 2.45) is 0 Å². The Morgan fingerprint density at radius 3 is 2.53 bits per heavy atom. The minimum atomic E-state index is -3.46. The van der Waals surface area contributed by atoms with E-state index in [1.165, 1.54) is 28.6 Å². The van der Waals surface area contributed by atoms with Gasteiger partial charge in [0.25, 0.3) is 0 Å². The Bertz CT molecular complexity index is 461. The highest BCUT2D eigenvalue weighted by molar-refractivity contribution is 7.89. The van der Waals surface area contributed by atoms with Crippen LogP contribution in [0.2, 0.25) is 0 Å². The van der Waals surface area contributed by atoms with E-state index in [1.807, 2.05) is 0 Å². The highest BCUT2D eigenvalue weighted by Gasteiger charge is 2.25. The van der Waals surface area contributed by atoms with Crippen LogP contribution in [0.5, 0.6) is 5.75 Å². The van der Waals surface area contributed by atoms with Crippen molar-refractivity contribution >= 4 is 10.0 Å². The average Bonchev–Trinajstić information content (AvgIpc) is 2.58. The summed E-state index contributed by atoms with van der Waals surface area (Å²) < 4.78 is 31.1. The van der Waals surface area contributed by atoms with E-state index in [0.29, 0.717) is 32.7 Å². The Morgan fingerprint density at radius 1 is 1.12 bits per heavy atom. The molecule has 1 fully saturated rings. The van der Waals surface area contributed by atoms with Crippen molar-refractivity contribution in [1.29, 1.82) is 0 Å². The average molecular weight is 257 g/mol.